The maximum Gasteiger partial charge on any atom is 0.222 e. The lowest BCUT2D eigenvalue weighted by atomic mass is 10.1. The van der Waals surface area contributed by atoms with E-state index in [4.69, 9.17) is 4.74 Å². The molecule has 0 aliphatic rings. The molecule has 0 radical (unpaired) electrons. The summed E-state index contributed by atoms with van der Waals surface area (Å²) in [5, 5.41) is 0. The third-order valence-corrected chi connectivity index (χ3v) is 3.71. The van der Waals surface area contributed by atoms with Crippen LogP contribution >= 0.6 is 0 Å². The number of carbonyl (C=O) groups is 1. The largest absolute Gasteiger partial charge is 0.496 e. The number of benzene rings is 1. The number of pyridine rings is 1. The van der Waals surface area contributed by atoms with Gasteiger partial charge in [-0.3, -0.25) is 9.78 Å². The molecule has 0 bridgehead atoms. The van der Waals surface area contributed by atoms with Crippen molar-refractivity contribution in [1.82, 2.24) is 9.88 Å². The van der Waals surface area contributed by atoms with Crippen molar-refractivity contribution in [3.8, 4) is 5.75 Å². The number of hydrogen-bond donors (Lipinski definition) is 0. The number of methoxy groups -OCH3 is 1. The molecule has 0 aliphatic carbocycles. The molecule has 2 aromatic rings. The van der Waals surface area contributed by atoms with Crippen LogP contribution in [0.3, 0.4) is 0 Å². The number of carbonyl (C=O) groups excluding carboxylic acids is 1. The zero-order valence-electron chi connectivity index (χ0n) is 13.2. The Balaban J connectivity index is 1.81. The number of aromatic nitrogens is 1. The minimum atomic E-state index is 0.153. The number of rotatable bonds is 7. The third-order valence-electron chi connectivity index (χ3n) is 3.71. The molecule has 22 heavy (non-hydrogen) atoms. The SMILES string of the molecule is COc1ccccc1CCC(=O)N(C)CCc1ccncc1. The Kier molecular flexibility index (Phi) is 5.95. The van der Waals surface area contributed by atoms with Gasteiger partial charge in [0, 0.05) is 32.4 Å². The van der Waals surface area contributed by atoms with E-state index in [1.54, 1.807) is 24.4 Å². The molecule has 0 aliphatic heterocycles. The Morgan fingerprint density at radius 3 is 2.59 bits per heavy atom. The van der Waals surface area contributed by atoms with E-state index in [1.165, 1.54) is 5.56 Å². The first-order valence-electron chi connectivity index (χ1n) is 7.45. The van der Waals surface area contributed by atoms with Gasteiger partial charge in [0.05, 0.1) is 7.11 Å². The predicted octanol–water partition coefficient (Wildman–Crippen LogP) is 2.72. The Morgan fingerprint density at radius 2 is 1.86 bits per heavy atom. The van der Waals surface area contributed by atoms with Crippen molar-refractivity contribution in [2.24, 2.45) is 0 Å². The first-order chi connectivity index (χ1) is 10.7. The van der Waals surface area contributed by atoms with Crippen LogP contribution in [0, 0.1) is 0 Å². The maximum absolute atomic E-state index is 12.2. The van der Waals surface area contributed by atoms with Gasteiger partial charge in [-0.25, -0.2) is 0 Å². The van der Waals surface area contributed by atoms with E-state index in [0.29, 0.717) is 12.8 Å². The van der Waals surface area contributed by atoms with Crippen molar-refractivity contribution in [2.45, 2.75) is 19.3 Å². The summed E-state index contributed by atoms with van der Waals surface area (Å²) in [7, 11) is 3.51. The lowest BCUT2D eigenvalue weighted by molar-refractivity contribution is -0.129. The molecule has 1 aromatic carbocycles. The third kappa shape index (κ3) is 4.58. The first kappa shape index (κ1) is 16.0. The Labute approximate surface area is 131 Å². The summed E-state index contributed by atoms with van der Waals surface area (Å²) in [5.74, 6) is 0.995. The van der Waals surface area contributed by atoms with Gasteiger partial charge in [0.25, 0.3) is 0 Å². The lowest BCUT2D eigenvalue weighted by Crippen LogP contribution is -2.29. The van der Waals surface area contributed by atoms with Crippen LogP contribution < -0.4 is 4.74 Å². The zero-order chi connectivity index (χ0) is 15.8. The quantitative estimate of drug-likeness (QED) is 0.789. The van der Waals surface area contributed by atoms with E-state index in [2.05, 4.69) is 4.98 Å². The van der Waals surface area contributed by atoms with Crippen LogP contribution in [0.4, 0.5) is 0 Å². The molecular weight excluding hydrogens is 276 g/mol. The van der Waals surface area contributed by atoms with Crippen LogP contribution in [-0.4, -0.2) is 36.5 Å². The van der Waals surface area contributed by atoms with Gasteiger partial charge in [0.1, 0.15) is 5.75 Å². The van der Waals surface area contributed by atoms with Crippen LogP contribution in [0.2, 0.25) is 0 Å². The van der Waals surface area contributed by atoms with Gasteiger partial charge in [0.15, 0.2) is 0 Å². The maximum atomic E-state index is 12.2. The summed E-state index contributed by atoms with van der Waals surface area (Å²) < 4.78 is 5.31. The smallest absolute Gasteiger partial charge is 0.222 e. The minimum Gasteiger partial charge on any atom is -0.496 e. The summed E-state index contributed by atoms with van der Waals surface area (Å²) >= 11 is 0. The number of nitrogens with zero attached hydrogens (tertiary/aromatic N) is 2. The molecule has 0 N–H and O–H groups in total. The monoisotopic (exact) mass is 298 g/mol. The fourth-order valence-electron chi connectivity index (χ4n) is 2.31. The molecule has 0 saturated heterocycles. The topological polar surface area (TPSA) is 42.4 Å². The summed E-state index contributed by atoms with van der Waals surface area (Å²) in [5.41, 5.74) is 2.26. The summed E-state index contributed by atoms with van der Waals surface area (Å²) in [4.78, 5) is 18.0. The van der Waals surface area contributed by atoms with E-state index < -0.39 is 0 Å². The molecule has 116 valence electrons. The Morgan fingerprint density at radius 1 is 1.14 bits per heavy atom. The van der Waals surface area contributed by atoms with Crippen molar-refractivity contribution in [3.63, 3.8) is 0 Å². The van der Waals surface area contributed by atoms with Gasteiger partial charge in [0.2, 0.25) is 5.91 Å². The van der Waals surface area contributed by atoms with Gasteiger partial charge in [-0.1, -0.05) is 18.2 Å². The second kappa shape index (κ2) is 8.17. The number of amides is 1. The lowest BCUT2D eigenvalue weighted by Gasteiger charge is -2.17. The highest BCUT2D eigenvalue weighted by Crippen LogP contribution is 2.19. The molecule has 1 aromatic heterocycles. The molecule has 1 heterocycles. The van der Waals surface area contributed by atoms with Crippen molar-refractivity contribution in [2.75, 3.05) is 20.7 Å². The van der Waals surface area contributed by atoms with Crippen LogP contribution in [0.5, 0.6) is 5.75 Å². The van der Waals surface area contributed by atoms with Gasteiger partial charge in [-0.15, -0.1) is 0 Å². The van der Waals surface area contributed by atoms with Crippen molar-refractivity contribution >= 4 is 5.91 Å². The molecule has 2 rings (SSSR count). The van der Waals surface area contributed by atoms with Gasteiger partial charge in [-0.05, 0) is 42.2 Å². The van der Waals surface area contributed by atoms with Crippen LogP contribution in [-0.2, 0) is 17.6 Å². The molecule has 4 heteroatoms. The van der Waals surface area contributed by atoms with Gasteiger partial charge < -0.3 is 9.64 Å². The van der Waals surface area contributed by atoms with Crippen molar-refractivity contribution in [3.05, 3.63) is 59.9 Å². The van der Waals surface area contributed by atoms with E-state index >= 15 is 0 Å². The minimum absolute atomic E-state index is 0.153. The van der Waals surface area contributed by atoms with Gasteiger partial charge in [-0.2, -0.15) is 0 Å². The molecule has 0 unspecified atom stereocenters. The summed E-state index contributed by atoms with van der Waals surface area (Å²) in [6.45, 7) is 0.717. The molecule has 0 fully saturated rings. The van der Waals surface area contributed by atoms with Crippen LogP contribution in [0.15, 0.2) is 48.8 Å². The molecule has 0 spiro atoms. The predicted molar refractivity (Wildman–Crippen MR) is 86.9 cm³/mol. The Bertz CT molecular complexity index is 599. The molecular formula is C18H22N2O2. The van der Waals surface area contributed by atoms with E-state index in [1.807, 2.05) is 43.4 Å². The molecule has 4 nitrogen and oxygen atoms in total. The second-order valence-electron chi connectivity index (χ2n) is 5.23. The first-order valence-corrected chi connectivity index (χ1v) is 7.45. The number of aryl methyl sites for hydroxylation is 1. The van der Waals surface area contributed by atoms with Gasteiger partial charge >= 0.3 is 0 Å². The Hall–Kier alpha value is -2.36. The van der Waals surface area contributed by atoms with E-state index in [-0.39, 0.29) is 5.91 Å². The molecule has 0 saturated carbocycles. The zero-order valence-corrected chi connectivity index (χ0v) is 13.2. The average molecular weight is 298 g/mol. The van der Waals surface area contributed by atoms with E-state index in [0.717, 1.165) is 24.3 Å². The second-order valence-corrected chi connectivity index (χ2v) is 5.23. The fraction of sp³-hybridized carbons (Fsp3) is 0.333. The standard InChI is InChI=1S/C18H22N2O2/c1-20(14-11-15-9-12-19-13-10-15)18(21)8-7-16-5-3-4-6-17(16)22-2/h3-6,9-10,12-13H,7-8,11,14H2,1-2H3. The number of para-hydroxylation sites is 1. The van der Waals surface area contributed by atoms with Crippen molar-refractivity contribution < 1.29 is 9.53 Å². The highest BCUT2D eigenvalue weighted by molar-refractivity contribution is 5.76. The van der Waals surface area contributed by atoms with E-state index in [9.17, 15) is 4.79 Å². The highest BCUT2D eigenvalue weighted by Gasteiger charge is 2.10. The summed E-state index contributed by atoms with van der Waals surface area (Å²) in [6, 6.07) is 11.8. The fourth-order valence-corrected chi connectivity index (χ4v) is 2.31. The van der Waals surface area contributed by atoms with Crippen LogP contribution in [0.1, 0.15) is 17.5 Å². The van der Waals surface area contributed by atoms with Crippen LogP contribution in [0.25, 0.3) is 0 Å². The number of likely N-dealkylation sites (N-methyl/N-ethyl adjacent to an activating group) is 1. The highest BCUT2D eigenvalue weighted by atomic mass is 16.5. The average Bonchev–Trinajstić information content (AvgIpc) is 2.58. The summed E-state index contributed by atoms with van der Waals surface area (Å²) in [6.07, 6.45) is 5.59. The van der Waals surface area contributed by atoms with Crippen molar-refractivity contribution in [1.29, 1.82) is 0 Å². The normalized spacial score (nSPS) is 10.3. The number of hydrogen-bond acceptors (Lipinski definition) is 3. The molecule has 0 atom stereocenters. The molecule has 1 amide bonds. The number of ether oxygens (including phenoxy) is 1.